The van der Waals surface area contributed by atoms with Gasteiger partial charge in [0.05, 0.1) is 30.4 Å². The number of H-pyrrole nitrogens is 1. The molecular formula is C17H18N6. The number of nitrogens with zero attached hydrogens (tertiary/aromatic N) is 5. The summed E-state index contributed by atoms with van der Waals surface area (Å²) in [6.07, 6.45) is 13.7. The summed E-state index contributed by atoms with van der Waals surface area (Å²) in [4.78, 5) is 3.08. The lowest BCUT2D eigenvalue weighted by Gasteiger charge is -2.35. The molecule has 0 saturated heterocycles. The van der Waals surface area contributed by atoms with Gasteiger partial charge in [-0.3, -0.25) is 4.68 Å². The molecule has 1 fully saturated rings. The molecule has 116 valence electrons. The molecule has 3 heterocycles. The third-order valence-corrected chi connectivity index (χ3v) is 4.93. The number of nitrogens with one attached hydrogen (secondary N) is 1. The number of aromatic amines is 1. The van der Waals surface area contributed by atoms with Crippen LogP contribution < -0.4 is 0 Å². The molecule has 3 aromatic heterocycles. The summed E-state index contributed by atoms with van der Waals surface area (Å²) < 4.78 is 2.02. The highest BCUT2D eigenvalue weighted by Gasteiger charge is 2.34. The van der Waals surface area contributed by atoms with Crippen LogP contribution in [-0.2, 0) is 5.54 Å². The summed E-state index contributed by atoms with van der Waals surface area (Å²) in [5.41, 5.74) is 2.67. The predicted octanol–water partition coefficient (Wildman–Crippen LogP) is 3.39. The Morgan fingerprint density at radius 2 is 2.13 bits per heavy atom. The Hall–Kier alpha value is -2.68. The monoisotopic (exact) mass is 306 g/mol. The molecule has 0 amide bonds. The van der Waals surface area contributed by atoms with E-state index in [-0.39, 0.29) is 5.54 Å². The van der Waals surface area contributed by atoms with Gasteiger partial charge in [-0.15, -0.1) is 5.10 Å². The second-order valence-corrected chi connectivity index (χ2v) is 6.29. The minimum Gasteiger partial charge on any atom is -0.345 e. The molecule has 3 aromatic rings. The molecule has 0 spiro atoms. The van der Waals surface area contributed by atoms with Gasteiger partial charge >= 0.3 is 0 Å². The average molecular weight is 306 g/mol. The van der Waals surface area contributed by atoms with E-state index in [2.05, 4.69) is 32.5 Å². The summed E-state index contributed by atoms with van der Waals surface area (Å²) in [5.74, 6) is 0. The third-order valence-electron chi connectivity index (χ3n) is 4.93. The fraction of sp³-hybridized carbons (Fsp3) is 0.412. The molecule has 0 atom stereocenters. The van der Waals surface area contributed by atoms with Gasteiger partial charge < -0.3 is 4.98 Å². The number of hydrogen-bond donors (Lipinski definition) is 1. The van der Waals surface area contributed by atoms with E-state index in [1.54, 1.807) is 6.20 Å². The van der Waals surface area contributed by atoms with E-state index >= 15 is 0 Å². The molecule has 0 bridgehead atoms. The lowest BCUT2D eigenvalue weighted by Crippen LogP contribution is -2.36. The highest BCUT2D eigenvalue weighted by molar-refractivity contribution is 5.91. The number of aromatic nitrogens is 5. The second kappa shape index (κ2) is 5.51. The van der Waals surface area contributed by atoms with Crippen molar-refractivity contribution in [3.63, 3.8) is 0 Å². The average Bonchev–Trinajstić information content (AvgIpc) is 3.25. The first kappa shape index (κ1) is 13.9. The van der Waals surface area contributed by atoms with Crippen molar-refractivity contribution in [1.82, 2.24) is 25.0 Å². The molecule has 1 aliphatic carbocycles. The summed E-state index contributed by atoms with van der Waals surface area (Å²) in [5, 5.41) is 23.1. The number of nitriles is 1. The van der Waals surface area contributed by atoms with Crippen molar-refractivity contribution in [1.29, 1.82) is 5.26 Å². The van der Waals surface area contributed by atoms with E-state index < -0.39 is 0 Å². The maximum atomic E-state index is 9.27. The van der Waals surface area contributed by atoms with Crippen LogP contribution in [0.5, 0.6) is 0 Å². The Morgan fingerprint density at radius 3 is 2.96 bits per heavy atom. The molecule has 1 saturated carbocycles. The second-order valence-electron chi connectivity index (χ2n) is 6.29. The van der Waals surface area contributed by atoms with Crippen LogP contribution >= 0.6 is 0 Å². The maximum absolute atomic E-state index is 9.27. The van der Waals surface area contributed by atoms with E-state index in [0.717, 1.165) is 47.8 Å². The van der Waals surface area contributed by atoms with Gasteiger partial charge in [-0.05, 0) is 18.9 Å². The van der Waals surface area contributed by atoms with Crippen molar-refractivity contribution >= 4 is 11.0 Å². The van der Waals surface area contributed by atoms with Gasteiger partial charge in [0.15, 0.2) is 5.65 Å². The summed E-state index contributed by atoms with van der Waals surface area (Å²) in [6, 6.07) is 4.37. The molecule has 6 nitrogen and oxygen atoms in total. The SMILES string of the molecule is N#CCC1(n2cc(-c3cnnc4[nH]ccc34)cn2)CCCCC1. The molecule has 4 rings (SSSR count). The van der Waals surface area contributed by atoms with Gasteiger partial charge in [-0.2, -0.15) is 15.5 Å². The summed E-state index contributed by atoms with van der Waals surface area (Å²) >= 11 is 0. The Bertz CT molecular complexity index is 862. The van der Waals surface area contributed by atoms with Crippen molar-refractivity contribution in [2.45, 2.75) is 44.1 Å². The standard InChI is InChI=1S/C17H18N6/c18-8-7-17(5-2-1-3-6-17)23-12-13(10-21-23)15-11-20-22-16-14(15)4-9-19-16/h4,9-12H,1-3,5-7H2,(H,19,22). The van der Waals surface area contributed by atoms with Crippen LogP contribution in [0.4, 0.5) is 0 Å². The maximum Gasteiger partial charge on any atom is 0.160 e. The quantitative estimate of drug-likeness (QED) is 0.804. The first-order chi connectivity index (χ1) is 11.3. The van der Waals surface area contributed by atoms with E-state index in [9.17, 15) is 5.26 Å². The largest absolute Gasteiger partial charge is 0.345 e. The van der Waals surface area contributed by atoms with E-state index in [1.165, 1.54) is 6.42 Å². The molecule has 1 N–H and O–H groups in total. The molecule has 0 aliphatic heterocycles. The van der Waals surface area contributed by atoms with Crippen molar-refractivity contribution in [3.05, 3.63) is 30.9 Å². The highest BCUT2D eigenvalue weighted by Crippen LogP contribution is 2.38. The molecule has 0 radical (unpaired) electrons. The lowest BCUT2D eigenvalue weighted by atomic mass is 9.80. The minimum atomic E-state index is -0.150. The van der Waals surface area contributed by atoms with Crippen LogP contribution in [0.2, 0.25) is 0 Å². The number of fused-ring (bicyclic) bond motifs is 1. The van der Waals surface area contributed by atoms with E-state index in [0.29, 0.717) is 6.42 Å². The van der Waals surface area contributed by atoms with Crippen molar-refractivity contribution < 1.29 is 0 Å². The van der Waals surface area contributed by atoms with Crippen LogP contribution in [0, 0.1) is 11.3 Å². The van der Waals surface area contributed by atoms with Gasteiger partial charge in [-0.1, -0.05) is 19.3 Å². The lowest BCUT2D eigenvalue weighted by molar-refractivity contribution is 0.178. The Kier molecular flexibility index (Phi) is 3.34. The van der Waals surface area contributed by atoms with Gasteiger partial charge in [0.1, 0.15) is 0 Å². The first-order valence-electron chi connectivity index (χ1n) is 8.04. The molecular weight excluding hydrogens is 288 g/mol. The minimum absolute atomic E-state index is 0.150. The van der Waals surface area contributed by atoms with Crippen LogP contribution in [0.15, 0.2) is 30.9 Å². The van der Waals surface area contributed by atoms with Gasteiger partial charge in [-0.25, -0.2) is 0 Å². The highest BCUT2D eigenvalue weighted by atomic mass is 15.3. The Balaban J connectivity index is 1.76. The van der Waals surface area contributed by atoms with Crippen molar-refractivity contribution in [3.8, 4) is 17.2 Å². The van der Waals surface area contributed by atoms with Crippen LogP contribution in [0.3, 0.4) is 0 Å². The number of rotatable bonds is 3. The molecule has 0 aromatic carbocycles. The van der Waals surface area contributed by atoms with Crippen LogP contribution in [-0.4, -0.2) is 25.0 Å². The first-order valence-corrected chi connectivity index (χ1v) is 8.04. The smallest absolute Gasteiger partial charge is 0.160 e. The molecule has 0 unspecified atom stereocenters. The van der Waals surface area contributed by atoms with Gasteiger partial charge in [0.25, 0.3) is 0 Å². The fourth-order valence-corrected chi connectivity index (χ4v) is 3.67. The normalized spacial score (nSPS) is 17.2. The predicted molar refractivity (Wildman–Crippen MR) is 86.4 cm³/mol. The molecule has 23 heavy (non-hydrogen) atoms. The van der Waals surface area contributed by atoms with E-state index in [4.69, 9.17) is 0 Å². The topological polar surface area (TPSA) is 83.2 Å². The zero-order valence-corrected chi connectivity index (χ0v) is 12.9. The fourth-order valence-electron chi connectivity index (χ4n) is 3.67. The third kappa shape index (κ3) is 2.29. The molecule has 1 aliphatic rings. The van der Waals surface area contributed by atoms with Crippen molar-refractivity contribution in [2.24, 2.45) is 0 Å². The molecule has 6 heteroatoms. The Labute approximate surface area is 134 Å². The van der Waals surface area contributed by atoms with Crippen LogP contribution in [0.1, 0.15) is 38.5 Å². The van der Waals surface area contributed by atoms with E-state index in [1.807, 2.05) is 23.1 Å². The number of hydrogen-bond acceptors (Lipinski definition) is 4. The summed E-state index contributed by atoms with van der Waals surface area (Å²) in [6.45, 7) is 0. The van der Waals surface area contributed by atoms with Gasteiger partial charge in [0.2, 0.25) is 0 Å². The summed E-state index contributed by atoms with van der Waals surface area (Å²) in [7, 11) is 0. The van der Waals surface area contributed by atoms with Crippen LogP contribution in [0.25, 0.3) is 22.2 Å². The zero-order valence-electron chi connectivity index (χ0n) is 12.9. The Morgan fingerprint density at radius 1 is 1.26 bits per heavy atom. The van der Waals surface area contributed by atoms with Gasteiger partial charge in [0, 0.05) is 28.9 Å². The zero-order chi connectivity index (χ0) is 15.7. The van der Waals surface area contributed by atoms with Crippen molar-refractivity contribution in [2.75, 3.05) is 0 Å².